The molecule has 22 heavy (non-hydrogen) atoms. The van der Waals surface area contributed by atoms with Gasteiger partial charge in [-0.25, -0.2) is 0 Å². The van der Waals surface area contributed by atoms with E-state index in [-0.39, 0.29) is 6.04 Å². The third kappa shape index (κ3) is 2.99. The maximum atomic E-state index is 12.9. The number of rotatable bonds is 4. The lowest BCUT2D eigenvalue weighted by molar-refractivity contribution is 0.0699. The lowest BCUT2D eigenvalue weighted by atomic mass is 10.1. The second-order valence-electron chi connectivity index (χ2n) is 5.56. The summed E-state index contributed by atoms with van der Waals surface area (Å²) in [4.78, 5) is 0. The van der Waals surface area contributed by atoms with Gasteiger partial charge in [-0.05, 0) is 30.5 Å². The van der Waals surface area contributed by atoms with Crippen molar-refractivity contribution in [2.75, 3.05) is 40.0 Å². The second-order valence-corrected chi connectivity index (χ2v) is 7.44. The number of morpholine rings is 1. The first-order valence-electron chi connectivity index (χ1n) is 7.61. The molecule has 2 aliphatic heterocycles. The molecule has 122 valence electrons. The van der Waals surface area contributed by atoms with E-state index in [1.165, 1.54) is 0 Å². The van der Waals surface area contributed by atoms with Crippen LogP contribution in [-0.4, -0.2) is 57.0 Å². The van der Waals surface area contributed by atoms with Crippen molar-refractivity contribution in [3.63, 3.8) is 0 Å². The Hall–Kier alpha value is -1.15. The van der Waals surface area contributed by atoms with Crippen LogP contribution < -0.4 is 4.74 Å². The summed E-state index contributed by atoms with van der Waals surface area (Å²) in [5.74, 6) is 0.782. The summed E-state index contributed by atoms with van der Waals surface area (Å²) in [6, 6.07) is 7.59. The van der Waals surface area contributed by atoms with Crippen LogP contribution in [0.25, 0.3) is 0 Å². The number of ether oxygens (including phenoxy) is 2. The van der Waals surface area contributed by atoms with Gasteiger partial charge in [0.2, 0.25) is 0 Å². The van der Waals surface area contributed by atoms with Gasteiger partial charge in [0.25, 0.3) is 10.2 Å². The third-order valence-corrected chi connectivity index (χ3v) is 6.34. The Morgan fingerprint density at radius 1 is 1.14 bits per heavy atom. The first kappa shape index (κ1) is 15.7. The molecule has 2 aliphatic rings. The summed E-state index contributed by atoms with van der Waals surface area (Å²) >= 11 is 0. The molecule has 0 bridgehead atoms. The highest BCUT2D eigenvalue weighted by Crippen LogP contribution is 2.35. The average molecular weight is 326 g/mol. The van der Waals surface area contributed by atoms with E-state index in [4.69, 9.17) is 9.47 Å². The minimum atomic E-state index is -3.42. The Balaban J connectivity index is 1.82. The zero-order valence-corrected chi connectivity index (χ0v) is 13.6. The van der Waals surface area contributed by atoms with Gasteiger partial charge in [0.15, 0.2) is 0 Å². The Morgan fingerprint density at radius 3 is 2.45 bits per heavy atom. The molecule has 0 aromatic heterocycles. The smallest absolute Gasteiger partial charge is 0.282 e. The molecule has 0 amide bonds. The SMILES string of the molecule is COc1ccc([C@H]2CCCN2S(=O)(=O)N2CCOCC2)cc1. The van der Waals surface area contributed by atoms with Crippen LogP contribution in [0.1, 0.15) is 24.4 Å². The van der Waals surface area contributed by atoms with Gasteiger partial charge in [0.1, 0.15) is 5.75 Å². The van der Waals surface area contributed by atoms with Crippen LogP contribution in [0.2, 0.25) is 0 Å². The molecule has 0 unspecified atom stereocenters. The van der Waals surface area contributed by atoms with Crippen molar-refractivity contribution in [1.29, 1.82) is 0 Å². The van der Waals surface area contributed by atoms with Crippen LogP contribution in [0, 0.1) is 0 Å². The van der Waals surface area contributed by atoms with Crippen molar-refractivity contribution >= 4 is 10.2 Å². The monoisotopic (exact) mass is 326 g/mol. The maximum Gasteiger partial charge on any atom is 0.282 e. The van der Waals surface area contributed by atoms with Crippen molar-refractivity contribution in [2.24, 2.45) is 0 Å². The fourth-order valence-corrected chi connectivity index (χ4v) is 4.92. The van der Waals surface area contributed by atoms with E-state index < -0.39 is 10.2 Å². The topological polar surface area (TPSA) is 59.1 Å². The summed E-state index contributed by atoms with van der Waals surface area (Å²) in [5.41, 5.74) is 1.02. The van der Waals surface area contributed by atoms with Crippen LogP contribution in [0.3, 0.4) is 0 Å². The zero-order chi connectivity index (χ0) is 15.6. The van der Waals surface area contributed by atoms with Crippen molar-refractivity contribution < 1.29 is 17.9 Å². The van der Waals surface area contributed by atoms with Gasteiger partial charge in [-0.1, -0.05) is 12.1 Å². The normalized spacial score (nSPS) is 24.5. The molecule has 0 N–H and O–H groups in total. The highest BCUT2D eigenvalue weighted by molar-refractivity contribution is 7.86. The molecule has 3 rings (SSSR count). The molecular formula is C15H22N2O4S. The van der Waals surface area contributed by atoms with E-state index in [1.54, 1.807) is 15.7 Å². The predicted molar refractivity (Wildman–Crippen MR) is 83.0 cm³/mol. The molecule has 7 heteroatoms. The number of methoxy groups -OCH3 is 1. The number of hydrogen-bond donors (Lipinski definition) is 0. The third-order valence-electron chi connectivity index (χ3n) is 4.30. The highest BCUT2D eigenvalue weighted by Gasteiger charge is 2.39. The quantitative estimate of drug-likeness (QED) is 0.839. The van der Waals surface area contributed by atoms with Gasteiger partial charge in [-0.15, -0.1) is 0 Å². The summed E-state index contributed by atoms with van der Waals surface area (Å²) in [6.45, 7) is 2.40. The van der Waals surface area contributed by atoms with Gasteiger partial charge in [0, 0.05) is 19.6 Å². The molecule has 0 spiro atoms. The van der Waals surface area contributed by atoms with Crippen LogP contribution >= 0.6 is 0 Å². The fourth-order valence-electron chi connectivity index (χ4n) is 3.10. The van der Waals surface area contributed by atoms with Gasteiger partial charge >= 0.3 is 0 Å². The maximum absolute atomic E-state index is 12.9. The van der Waals surface area contributed by atoms with Crippen molar-refractivity contribution in [3.8, 4) is 5.75 Å². The molecule has 2 saturated heterocycles. The van der Waals surface area contributed by atoms with Crippen LogP contribution in [0.15, 0.2) is 24.3 Å². The first-order chi connectivity index (χ1) is 10.6. The van der Waals surface area contributed by atoms with Crippen molar-refractivity contribution in [2.45, 2.75) is 18.9 Å². The van der Waals surface area contributed by atoms with Crippen LogP contribution in [-0.2, 0) is 14.9 Å². The van der Waals surface area contributed by atoms with Crippen LogP contribution in [0.5, 0.6) is 5.75 Å². The standard InChI is InChI=1S/C15H22N2O4S/c1-20-14-6-4-13(5-7-14)15-3-2-8-17(15)22(18,19)16-9-11-21-12-10-16/h4-7,15H,2-3,8-12H2,1H3/t15-/m1/s1. The first-order valence-corrected chi connectivity index (χ1v) is 9.01. The van der Waals surface area contributed by atoms with Crippen molar-refractivity contribution in [1.82, 2.24) is 8.61 Å². The fraction of sp³-hybridized carbons (Fsp3) is 0.600. The van der Waals surface area contributed by atoms with E-state index in [1.807, 2.05) is 24.3 Å². The van der Waals surface area contributed by atoms with Gasteiger partial charge in [0.05, 0.1) is 26.4 Å². The van der Waals surface area contributed by atoms with E-state index in [0.29, 0.717) is 32.8 Å². The molecular weight excluding hydrogens is 304 g/mol. The number of benzene rings is 1. The zero-order valence-electron chi connectivity index (χ0n) is 12.8. The molecule has 2 fully saturated rings. The number of hydrogen-bond acceptors (Lipinski definition) is 4. The summed E-state index contributed by atoms with van der Waals surface area (Å²) in [7, 11) is -1.79. The lowest BCUT2D eigenvalue weighted by Gasteiger charge is -2.33. The van der Waals surface area contributed by atoms with E-state index in [9.17, 15) is 8.42 Å². The Labute approximate surface area is 131 Å². The minimum absolute atomic E-state index is 0.0845. The van der Waals surface area contributed by atoms with Crippen LogP contribution in [0.4, 0.5) is 0 Å². The molecule has 0 aliphatic carbocycles. The van der Waals surface area contributed by atoms with E-state index in [2.05, 4.69) is 0 Å². The Morgan fingerprint density at radius 2 is 1.82 bits per heavy atom. The highest BCUT2D eigenvalue weighted by atomic mass is 32.2. The van der Waals surface area contributed by atoms with Gasteiger partial charge in [-0.2, -0.15) is 17.0 Å². The summed E-state index contributed by atoms with van der Waals surface area (Å²) < 4.78 is 39.3. The molecule has 6 nitrogen and oxygen atoms in total. The Kier molecular flexibility index (Phi) is 4.67. The largest absolute Gasteiger partial charge is 0.497 e. The lowest BCUT2D eigenvalue weighted by Crippen LogP contribution is -2.48. The molecule has 0 radical (unpaired) electrons. The Bertz CT molecular complexity index is 596. The molecule has 1 atom stereocenters. The van der Waals surface area contributed by atoms with E-state index >= 15 is 0 Å². The van der Waals surface area contributed by atoms with Crippen molar-refractivity contribution in [3.05, 3.63) is 29.8 Å². The number of nitrogens with zero attached hydrogens (tertiary/aromatic N) is 2. The molecule has 0 saturated carbocycles. The molecule has 1 aromatic rings. The minimum Gasteiger partial charge on any atom is -0.497 e. The van der Waals surface area contributed by atoms with Gasteiger partial charge in [-0.3, -0.25) is 0 Å². The van der Waals surface area contributed by atoms with E-state index in [0.717, 1.165) is 24.2 Å². The van der Waals surface area contributed by atoms with Gasteiger partial charge < -0.3 is 9.47 Å². The second kappa shape index (κ2) is 6.54. The average Bonchev–Trinajstić information content (AvgIpc) is 3.06. The molecule has 1 aromatic carbocycles. The predicted octanol–water partition coefficient (Wildman–Crippen LogP) is 1.41. The summed E-state index contributed by atoms with van der Waals surface area (Å²) in [5, 5.41) is 0. The molecule has 2 heterocycles. The summed E-state index contributed by atoms with van der Waals surface area (Å²) in [6.07, 6.45) is 1.75.